The Kier molecular flexibility index (Phi) is 3.17. The smallest absolute Gasteiger partial charge is 0.0731 e. The van der Waals surface area contributed by atoms with Crippen LogP contribution in [0.5, 0.6) is 0 Å². The molecule has 2 nitrogen and oxygen atoms in total. The molecule has 0 fully saturated rings. The molecule has 1 aromatic heterocycles. The molecule has 0 radical (unpaired) electrons. The summed E-state index contributed by atoms with van der Waals surface area (Å²) < 4.78 is 0. The molecular weight excluding hydrogens is 232 g/mol. The number of nitrogens with one attached hydrogen (secondary N) is 1. The number of anilines is 1. The SMILES string of the molecule is CNc1c2c(nc3cc(C)cc(C)c13)CCCCC2. The first-order valence-corrected chi connectivity index (χ1v) is 7.31. The molecule has 0 saturated heterocycles. The molecule has 2 heteroatoms. The lowest BCUT2D eigenvalue weighted by Gasteiger charge is -2.17. The van der Waals surface area contributed by atoms with Gasteiger partial charge in [0.25, 0.3) is 0 Å². The number of nitrogens with zero attached hydrogens (tertiary/aromatic N) is 1. The minimum Gasteiger partial charge on any atom is -0.387 e. The van der Waals surface area contributed by atoms with Gasteiger partial charge in [0.1, 0.15) is 0 Å². The molecular formula is C17H22N2. The summed E-state index contributed by atoms with van der Waals surface area (Å²) in [5.41, 5.74) is 7.88. The van der Waals surface area contributed by atoms with Crippen molar-refractivity contribution in [1.82, 2.24) is 4.98 Å². The van der Waals surface area contributed by atoms with Crippen molar-refractivity contribution in [3.63, 3.8) is 0 Å². The Hall–Kier alpha value is -1.57. The molecule has 1 aromatic carbocycles. The van der Waals surface area contributed by atoms with Crippen LogP contribution >= 0.6 is 0 Å². The topological polar surface area (TPSA) is 24.9 Å². The number of hydrogen-bond acceptors (Lipinski definition) is 2. The zero-order valence-corrected chi connectivity index (χ0v) is 12.1. The molecule has 0 aliphatic heterocycles. The van der Waals surface area contributed by atoms with E-state index in [0.29, 0.717) is 0 Å². The molecule has 100 valence electrons. The van der Waals surface area contributed by atoms with Gasteiger partial charge >= 0.3 is 0 Å². The molecule has 2 aromatic rings. The number of aromatic nitrogens is 1. The third kappa shape index (κ3) is 2.09. The van der Waals surface area contributed by atoms with Crippen LogP contribution in [0, 0.1) is 13.8 Å². The zero-order chi connectivity index (χ0) is 13.4. The number of pyridine rings is 1. The van der Waals surface area contributed by atoms with Gasteiger partial charge in [-0.15, -0.1) is 0 Å². The maximum atomic E-state index is 4.97. The minimum atomic E-state index is 1.13. The van der Waals surface area contributed by atoms with Crippen LogP contribution in [0.15, 0.2) is 12.1 Å². The van der Waals surface area contributed by atoms with Crippen molar-refractivity contribution in [2.75, 3.05) is 12.4 Å². The van der Waals surface area contributed by atoms with E-state index in [-0.39, 0.29) is 0 Å². The summed E-state index contributed by atoms with van der Waals surface area (Å²) in [6.45, 7) is 4.35. The van der Waals surface area contributed by atoms with Crippen LogP contribution in [-0.4, -0.2) is 12.0 Å². The second-order valence-electron chi connectivity index (χ2n) is 5.70. The summed E-state index contributed by atoms with van der Waals surface area (Å²) in [5, 5.41) is 4.76. The Labute approximate surface area is 115 Å². The molecule has 3 rings (SSSR count). The molecule has 1 aliphatic rings. The Bertz CT molecular complexity index is 629. The largest absolute Gasteiger partial charge is 0.387 e. The van der Waals surface area contributed by atoms with Crippen molar-refractivity contribution in [3.05, 3.63) is 34.5 Å². The summed E-state index contributed by atoms with van der Waals surface area (Å²) in [5.74, 6) is 0. The second-order valence-corrected chi connectivity index (χ2v) is 5.70. The first kappa shape index (κ1) is 12.5. The van der Waals surface area contributed by atoms with E-state index in [1.54, 1.807) is 0 Å². The molecule has 0 atom stereocenters. The third-order valence-electron chi connectivity index (χ3n) is 4.20. The monoisotopic (exact) mass is 254 g/mol. The van der Waals surface area contributed by atoms with Gasteiger partial charge in [-0.1, -0.05) is 12.5 Å². The van der Waals surface area contributed by atoms with Crippen molar-refractivity contribution >= 4 is 16.6 Å². The normalized spacial score (nSPS) is 15.1. The van der Waals surface area contributed by atoms with Crippen molar-refractivity contribution in [3.8, 4) is 0 Å². The Morgan fingerprint density at radius 3 is 2.63 bits per heavy atom. The molecule has 0 saturated carbocycles. The molecule has 1 aliphatic carbocycles. The third-order valence-corrected chi connectivity index (χ3v) is 4.20. The predicted octanol–water partition coefficient (Wildman–Crippen LogP) is 4.16. The molecule has 1 heterocycles. The van der Waals surface area contributed by atoms with Crippen molar-refractivity contribution < 1.29 is 0 Å². The second kappa shape index (κ2) is 4.84. The average molecular weight is 254 g/mol. The van der Waals surface area contributed by atoms with E-state index in [0.717, 1.165) is 11.9 Å². The van der Waals surface area contributed by atoms with Crippen LogP contribution in [0.1, 0.15) is 41.6 Å². The number of aryl methyl sites for hydroxylation is 3. The Morgan fingerprint density at radius 2 is 1.84 bits per heavy atom. The first-order chi connectivity index (χ1) is 9.20. The minimum absolute atomic E-state index is 1.13. The molecule has 1 N–H and O–H groups in total. The van der Waals surface area contributed by atoms with Gasteiger partial charge in [-0.2, -0.15) is 0 Å². The molecule has 0 unspecified atom stereocenters. The molecule has 0 spiro atoms. The average Bonchev–Trinajstić information content (AvgIpc) is 2.60. The maximum Gasteiger partial charge on any atom is 0.0731 e. The van der Waals surface area contributed by atoms with Gasteiger partial charge in [-0.3, -0.25) is 4.98 Å². The van der Waals surface area contributed by atoms with E-state index in [9.17, 15) is 0 Å². The molecule has 0 amide bonds. The van der Waals surface area contributed by atoms with Crippen LogP contribution in [0.4, 0.5) is 5.69 Å². The fourth-order valence-electron chi connectivity index (χ4n) is 3.39. The highest BCUT2D eigenvalue weighted by atomic mass is 14.9. The van der Waals surface area contributed by atoms with Crippen LogP contribution in [0.25, 0.3) is 10.9 Å². The van der Waals surface area contributed by atoms with Gasteiger partial charge in [0.05, 0.1) is 5.52 Å². The number of rotatable bonds is 1. The lowest BCUT2D eigenvalue weighted by Crippen LogP contribution is -2.04. The lowest BCUT2D eigenvalue weighted by atomic mass is 9.98. The van der Waals surface area contributed by atoms with Gasteiger partial charge in [0, 0.05) is 23.8 Å². The van der Waals surface area contributed by atoms with Crippen molar-refractivity contribution in [1.29, 1.82) is 0 Å². The summed E-state index contributed by atoms with van der Waals surface area (Å²) in [6, 6.07) is 4.47. The maximum absolute atomic E-state index is 4.97. The fraction of sp³-hybridized carbons (Fsp3) is 0.471. The highest BCUT2D eigenvalue weighted by Gasteiger charge is 2.17. The highest BCUT2D eigenvalue weighted by molar-refractivity contribution is 5.96. The van der Waals surface area contributed by atoms with E-state index < -0.39 is 0 Å². The Morgan fingerprint density at radius 1 is 1.05 bits per heavy atom. The van der Waals surface area contributed by atoms with Crippen molar-refractivity contribution in [2.45, 2.75) is 46.0 Å². The van der Waals surface area contributed by atoms with Gasteiger partial charge in [0.2, 0.25) is 0 Å². The number of fused-ring (bicyclic) bond motifs is 2. The number of hydrogen-bond donors (Lipinski definition) is 1. The van der Waals surface area contributed by atoms with Crippen LogP contribution in [-0.2, 0) is 12.8 Å². The summed E-state index contributed by atoms with van der Waals surface area (Å²) in [6.07, 6.45) is 6.20. The van der Waals surface area contributed by atoms with E-state index in [1.165, 1.54) is 59.1 Å². The standard InChI is InChI=1S/C17H22N2/c1-11-9-12(2)16-15(10-11)19-14-8-6-4-5-7-13(14)17(16)18-3/h9-10H,4-8H2,1-3H3,(H,18,19). The van der Waals surface area contributed by atoms with Gasteiger partial charge < -0.3 is 5.32 Å². The van der Waals surface area contributed by atoms with Gasteiger partial charge in [-0.05, 0) is 62.3 Å². The lowest BCUT2D eigenvalue weighted by molar-refractivity contribution is 0.709. The van der Waals surface area contributed by atoms with Crippen LogP contribution in [0.2, 0.25) is 0 Å². The highest BCUT2D eigenvalue weighted by Crippen LogP contribution is 2.34. The van der Waals surface area contributed by atoms with Crippen LogP contribution in [0.3, 0.4) is 0 Å². The molecule has 0 bridgehead atoms. The first-order valence-electron chi connectivity index (χ1n) is 7.31. The van der Waals surface area contributed by atoms with Gasteiger partial charge in [-0.25, -0.2) is 0 Å². The Balaban J connectivity index is 2.36. The predicted molar refractivity (Wildman–Crippen MR) is 82.0 cm³/mol. The van der Waals surface area contributed by atoms with E-state index >= 15 is 0 Å². The van der Waals surface area contributed by atoms with Crippen molar-refractivity contribution in [2.24, 2.45) is 0 Å². The summed E-state index contributed by atoms with van der Waals surface area (Å²) >= 11 is 0. The zero-order valence-electron chi connectivity index (χ0n) is 12.1. The van der Waals surface area contributed by atoms with E-state index in [4.69, 9.17) is 4.98 Å². The summed E-state index contributed by atoms with van der Waals surface area (Å²) in [7, 11) is 2.04. The fourth-order valence-corrected chi connectivity index (χ4v) is 3.39. The van der Waals surface area contributed by atoms with Gasteiger partial charge in [0.15, 0.2) is 0 Å². The molecule has 19 heavy (non-hydrogen) atoms. The summed E-state index contributed by atoms with van der Waals surface area (Å²) in [4.78, 5) is 4.97. The van der Waals surface area contributed by atoms with E-state index in [2.05, 4.69) is 31.3 Å². The quantitative estimate of drug-likeness (QED) is 0.773. The van der Waals surface area contributed by atoms with Crippen LogP contribution < -0.4 is 5.32 Å². The van der Waals surface area contributed by atoms with E-state index in [1.807, 2.05) is 7.05 Å². The number of benzene rings is 1.